The van der Waals surface area contributed by atoms with Gasteiger partial charge in [-0.05, 0) is 43.7 Å². The van der Waals surface area contributed by atoms with Crippen LogP contribution in [0.1, 0.15) is 12.5 Å². The third-order valence-electron chi connectivity index (χ3n) is 3.40. The summed E-state index contributed by atoms with van der Waals surface area (Å²) in [6.07, 6.45) is -0.968. The second-order valence-corrected chi connectivity index (χ2v) is 5.76. The summed E-state index contributed by atoms with van der Waals surface area (Å²) in [4.78, 5) is 22.9. The summed E-state index contributed by atoms with van der Waals surface area (Å²) >= 11 is 5.92. The standard InChI is InChI=1S/C17H17ClN2O5/c1-10-4-6-16(14(8-10)20(22)23)25-11(2)17(21)19-13-9-12(18)5-7-15(13)24-3/h4-9,11H,1-3H3,(H,19,21)/t11-/m0/s1. The lowest BCUT2D eigenvalue weighted by Gasteiger charge is -2.16. The van der Waals surface area contributed by atoms with Crippen LogP contribution < -0.4 is 14.8 Å². The fourth-order valence-electron chi connectivity index (χ4n) is 2.13. The highest BCUT2D eigenvalue weighted by molar-refractivity contribution is 6.31. The Kier molecular flexibility index (Phi) is 5.82. The van der Waals surface area contributed by atoms with Crippen molar-refractivity contribution in [3.63, 3.8) is 0 Å². The molecule has 0 unspecified atom stereocenters. The number of benzene rings is 2. The molecular formula is C17H17ClN2O5. The Morgan fingerprint density at radius 2 is 1.92 bits per heavy atom. The molecule has 0 aliphatic heterocycles. The lowest BCUT2D eigenvalue weighted by Crippen LogP contribution is -2.30. The summed E-state index contributed by atoms with van der Waals surface area (Å²) in [5.41, 5.74) is 0.911. The van der Waals surface area contributed by atoms with Crippen LogP contribution in [0.5, 0.6) is 11.5 Å². The van der Waals surface area contributed by atoms with Crippen LogP contribution in [0, 0.1) is 17.0 Å². The zero-order valence-electron chi connectivity index (χ0n) is 13.9. The number of nitrogens with zero attached hydrogens (tertiary/aromatic N) is 1. The van der Waals surface area contributed by atoms with E-state index in [1.807, 2.05) is 0 Å². The van der Waals surface area contributed by atoms with Gasteiger partial charge in [0.25, 0.3) is 5.91 Å². The van der Waals surface area contributed by atoms with E-state index < -0.39 is 16.9 Å². The summed E-state index contributed by atoms with van der Waals surface area (Å²) in [6.45, 7) is 3.23. The van der Waals surface area contributed by atoms with Gasteiger partial charge in [-0.15, -0.1) is 0 Å². The van der Waals surface area contributed by atoms with Gasteiger partial charge in [0.1, 0.15) is 5.75 Å². The SMILES string of the molecule is COc1ccc(Cl)cc1NC(=O)[C@H](C)Oc1ccc(C)cc1[N+](=O)[O-]. The number of amides is 1. The number of anilines is 1. The van der Waals surface area contributed by atoms with Gasteiger partial charge in [0, 0.05) is 11.1 Å². The van der Waals surface area contributed by atoms with Crippen LogP contribution in [0.25, 0.3) is 0 Å². The predicted octanol–water partition coefficient (Wildman–Crippen LogP) is 3.97. The van der Waals surface area contributed by atoms with Gasteiger partial charge in [0.15, 0.2) is 11.9 Å². The Bertz CT molecular complexity index is 810. The maximum Gasteiger partial charge on any atom is 0.311 e. The molecule has 1 amide bonds. The van der Waals surface area contributed by atoms with E-state index in [0.717, 1.165) is 5.56 Å². The topological polar surface area (TPSA) is 90.7 Å². The average Bonchev–Trinajstić information content (AvgIpc) is 2.56. The first-order chi connectivity index (χ1) is 11.8. The van der Waals surface area contributed by atoms with Gasteiger partial charge in [-0.25, -0.2) is 0 Å². The number of aryl methyl sites for hydroxylation is 1. The van der Waals surface area contributed by atoms with E-state index in [1.165, 1.54) is 26.2 Å². The Hall–Kier alpha value is -2.80. The zero-order chi connectivity index (χ0) is 18.6. The van der Waals surface area contributed by atoms with Crippen LogP contribution in [0.15, 0.2) is 36.4 Å². The monoisotopic (exact) mass is 364 g/mol. The van der Waals surface area contributed by atoms with E-state index in [4.69, 9.17) is 21.1 Å². The molecule has 132 valence electrons. The average molecular weight is 365 g/mol. The molecule has 7 nitrogen and oxygen atoms in total. The number of carbonyl (C=O) groups excluding carboxylic acids is 1. The molecule has 0 radical (unpaired) electrons. The summed E-state index contributed by atoms with van der Waals surface area (Å²) in [6, 6.07) is 9.32. The van der Waals surface area contributed by atoms with Gasteiger partial charge in [0.2, 0.25) is 0 Å². The summed E-state index contributed by atoms with van der Waals surface area (Å²) in [5, 5.41) is 14.2. The molecule has 2 aromatic rings. The van der Waals surface area contributed by atoms with Crippen molar-refractivity contribution in [1.82, 2.24) is 0 Å². The van der Waals surface area contributed by atoms with Crippen LogP contribution in [0.2, 0.25) is 5.02 Å². The molecule has 0 aliphatic carbocycles. The maximum atomic E-state index is 12.3. The van der Waals surface area contributed by atoms with Crippen LogP contribution >= 0.6 is 11.6 Å². The molecule has 0 saturated heterocycles. The van der Waals surface area contributed by atoms with Gasteiger partial charge in [-0.1, -0.05) is 17.7 Å². The molecule has 8 heteroatoms. The highest BCUT2D eigenvalue weighted by atomic mass is 35.5. The smallest absolute Gasteiger partial charge is 0.311 e. The first-order valence-electron chi connectivity index (χ1n) is 7.38. The summed E-state index contributed by atoms with van der Waals surface area (Å²) in [5.74, 6) is -0.0296. The number of halogens is 1. The lowest BCUT2D eigenvalue weighted by molar-refractivity contribution is -0.386. The van der Waals surface area contributed by atoms with Crippen molar-refractivity contribution < 1.29 is 19.2 Å². The molecule has 0 fully saturated rings. The molecule has 0 spiro atoms. The zero-order valence-corrected chi connectivity index (χ0v) is 14.7. The number of nitro groups is 1. The molecule has 1 N–H and O–H groups in total. The normalized spacial score (nSPS) is 11.5. The Morgan fingerprint density at radius 1 is 1.24 bits per heavy atom. The minimum Gasteiger partial charge on any atom is -0.495 e. The van der Waals surface area contributed by atoms with E-state index in [2.05, 4.69) is 5.32 Å². The highest BCUT2D eigenvalue weighted by Gasteiger charge is 2.22. The molecule has 0 aliphatic rings. The number of hydrogen-bond acceptors (Lipinski definition) is 5. The van der Waals surface area contributed by atoms with Crippen LogP contribution in [-0.4, -0.2) is 24.0 Å². The largest absolute Gasteiger partial charge is 0.495 e. The van der Waals surface area contributed by atoms with Gasteiger partial charge < -0.3 is 14.8 Å². The van der Waals surface area contributed by atoms with Crippen LogP contribution in [-0.2, 0) is 4.79 Å². The Balaban J connectivity index is 2.17. The maximum absolute atomic E-state index is 12.3. The van der Waals surface area contributed by atoms with Crippen LogP contribution in [0.4, 0.5) is 11.4 Å². The van der Waals surface area contributed by atoms with Crippen molar-refractivity contribution >= 4 is 28.9 Å². The molecule has 2 rings (SSSR count). The Labute approximate surface area is 149 Å². The van der Waals surface area contributed by atoms with E-state index >= 15 is 0 Å². The van der Waals surface area contributed by atoms with Crippen molar-refractivity contribution in [1.29, 1.82) is 0 Å². The molecule has 0 aromatic heterocycles. The summed E-state index contributed by atoms with van der Waals surface area (Å²) < 4.78 is 10.6. The predicted molar refractivity (Wildman–Crippen MR) is 94.6 cm³/mol. The minimum atomic E-state index is -0.968. The van der Waals surface area contributed by atoms with Crippen LogP contribution in [0.3, 0.4) is 0 Å². The molecule has 2 aromatic carbocycles. The molecule has 0 saturated carbocycles. The second-order valence-electron chi connectivity index (χ2n) is 5.32. The molecule has 25 heavy (non-hydrogen) atoms. The lowest BCUT2D eigenvalue weighted by atomic mass is 10.2. The van der Waals surface area contributed by atoms with E-state index in [1.54, 1.807) is 31.2 Å². The van der Waals surface area contributed by atoms with Gasteiger partial charge >= 0.3 is 5.69 Å². The number of methoxy groups -OCH3 is 1. The van der Waals surface area contributed by atoms with E-state index in [-0.39, 0.29) is 11.4 Å². The number of nitro benzene ring substituents is 1. The van der Waals surface area contributed by atoms with Gasteiger partial charge in [-0.3, -0.25) is 14.9 Å². The van der Waals surface area contributed by atoms with Crippen molar-refractivity contribution in [2.75, 3.05) is 12.4 Å². The first kappa shape index (κ1) is 18.5. The van der Waals surface area contributed by atoms with E-state index in [0.29, 0.717) is 16.5 Å². The number of carbonyl (C=O) groups is 1. The number of ether oxygens (including phenoxy) is 2. The number of nitrogens with one attached hydrogen (secondary N) is 1. The first-order valence-corrected chi connectivity index (χ1v) is 7.75. The highest BCUT2D eigenvalue weighted by Crippen LogP contribution is 2.30. The number of rotatable bonds is 6. The second kappa shape index (κ2) is 7.85. The van der Waals surface area contributed by atoms with E-state index in [9.17, 15) is 14.9 Å². The number of hydrogen-bond donors (Lipinski definition) is 1. The molecule has 0 bridgehead atoms. The third-order valence-corrected chi connectivity index (χ3v) is 3.64. The van der Waals surface area contributed by atoms with Crippen molar-refractivity contribution in [3.8, 4) is 11.5 Å². The van der Waals surface area contributed by atoms with Gasteiger partial charge in [-0.2, -0.15) is 0 Å². The molecule has 1 atom stereocenters. The van der Waals surface area contributed by atoms with Gasteiger partial charge in [0.05, 0.1) is 17.7 Å². The fourth-order valence-corrected chi connectivity index (χ4v) is 2.30. The van der Waals surface area contributed by atoms with Crippen molar-refractivity contribution in [2.45, 2.75) is 20.0 Å². The Morgan fingerprint density at radius 3 is 2.56 bits per heavy atom. The quantitative estimate of drug-likeness (QED) is 0.618. The van der Waals surface area contributed by atoms with Crippen molar-refractivity contribution in [2.24, 2.45) is 0 Å². The molecular weight excluding hydrogens is 348 g/mol. The third kappa shape index (κ3) is 4.60. The van der Waals surface area contributed by atoms with Crippen molar-refractivity contribution in [3.05, 3.63) is 57.1 Å². The molecule has 0 heterocycles. The summed E-state index contributed by atoms with van der Waals surface area (Å²) in [7, 11) is 1.47. The minimum absolute atomic E-state index is 0.0244. The fraction of sp³-hybridized carbons (Fsp3) is 0.235.